The van der Waals surface area contributed by atoms with Crippen molar-refractivity contribution in [1.82, 2.24) is 10.2 Å². The third-order valence-corrected chi connectivity index (χ3v) is 12.7. The van der Waals surface area contributed by atoms with Gasteiger partial charge in [0.1, 0.15) is 5.60 Å². The van der Waals surface area contributed by atoms with Crippen LogP contribution in [0.5, 0.6) is 0 Å². The van der Waals surface area contributed by atoms with Crippen LogP contribution in [0.2, 0.25) is 0 Å². The van der Waals surface area contributed by atoms with Gasteiger partial charge in [0.25, 0.3) is 0 Å². The summed E-state index contributed by atoms with van der Waals surface area (Å²) in [7, 11) is 1.71. The third-order valence-electron chi connectivity index (χ3n) is 12.7. The molecule has 0 aromatic heterocycles. The molecule has 10 nitrogen and oxygen atoms in total. The van der Waals surface area contributed by atoms with Gasteiger partial charge in [-0.1, -0.05) is 33.1 Å². The molecule has 7 N–H and O–H groups in total. The molecule has 5 rings (SSSR count). The summed E-state index contributed by atoms with van der Waals surface area (Å²) in [6.45, 7) is 7.13. The van der Waals surface area contributed by atoms with E-state index in [4.69, 9.17) is 10.5 Å². The van der Waals surface area contributed by atoms with Crippen molar-refractivity contribution in [2.24, 2.45) is 45.2 Å². The number of aliphatic hydroxyl groups is 3. The maximum absolute atomic E-state index is 13.2. The topological polar surface area (TPSA) is 161 Å². The number of likely N-dealkylation sites (tertiary alicyclic amines) is 1. The Hall–Kier alpha value is -1.72. The Morgan fingerprint density at radius 1 is 1.20 bits per heavy atom. The number of ether oxygens (including phenoxy) is 1. The lowest BCUT2D eigenvalue weighted by molar-refractivity contribution is -0.155. The SMILES string of the molecule is CCCCCC1CCC(O)CC1OCC1(O)CC23C(=C1C(=O)O)CC(CCC2C)C31CN(C(N)=NC)CCC1CNCCO. The van der Waals surface area contributed by atoms with Gasteiger partial charge < -0.3 is 41.1 Å². The molecule has 2 spiro atoms. The number of rotatable bonds is 12. The molecular formula is C34H58N4O6. The van der Waals surface area contributed by atoms with E-state index in [0.717, 1.165) is 76.5 Å². The lowest BCUT2D eigenvalue weighted by atomic mass is 9.45. The van der Waals surface area contributed by atoms with E-state index in [1.807, 2.05) is 0 Å². The first-order chi connectivity index (χ1) is 21.1. The van der Waals surface area contributed by atoms with E-state index in [0.29, 0.717) is 44.2 Å². The van der Waals surface area contributed by atoms with Gasteiger partial charge in [-0.2, -0.15) is 0 Å². The normalized spacial score (nSPS) is 40.6. The Balaban J connectivity index is 1.52. The molecule has 44 heavy (non-hydrogen) atoms. The summed E-state index contributed by atoms with van der Waals surface area (Å²) in [5.41, 5.74) is 5.10. The Morgan fingerprint density at radius 2 is 2.00 bits per heavy atom. The average Bonchev–Trinajstić information content (AvgIpc) is 3.35. The fourth-order valence-electron chi connectivity index (χ4n) is 10.8. The number of hydrogen-bond donors (Lipinski definition) is 6. The molecule has 3 saturated carbocycles. The van der Waals surface area contributed by atoms with Gasteiger partial charge in [-0.05, 0) is 93.6 Å². The summed E-state index contributed by atoms with van der Waals surface area (Å²) in [6.07, 6.45) is 9.90. The molecule has 0 aromatic carbocycles. The van der Waals surface area contributed by atoms with Gasteiger partial charge >= 0.3 is 5.97 Å². The zero-order valence-corrected chi connectivity index (χ0v) is 27.3. The largest absolute Gasteiger partial charge is 0.478 e. The van der Waals surface area contributed by atoms with Crippen LogP contribution in [0.15, 0.2) is 16.1 Å². The second-order valence-electron chi connectivity index (χ2n) is 14.7. The van der Waals surface area contributed by atoms with Gasteiger partial charge in [0, 0.05) is 37.5 Å². The summed E-state index contributed by atoms with van der Waals surface area (Å²) in [4.78, 5) is 19.7. The molecule has 0 amide bonds. The maximum Gasteiger partial charge on any atom is 0.334 e. The number of carbonyl (C=O) groups is 1. The van der Waals surface area contributed by atoms with Gasteiger partial charge in [0.2, 0.25) is 0 Å². The van der Waals surface area contributed by atoms with Gasteiger partial charge in [-0.25, -0.2) is 4.79 Å². The zero-order chi connectivity index (χ0) is 31.7. The molecule has 4 aliphatic carbocycles. The molecule has 9 atom stereocenters. The maximum atomic E-state index is 13.2. The summed E-state index contributed by atoms with van der Waals surface area (Å²) < 4.78 is 6.56. The number of allylic oxidation sites excluding steroid dienone is 1. The second kappa shape index (κ2) is 13.6. The van der Waals surface area contributed by atoms with Crippen molar-refractivity contribution in [3.63, 3.8) is 0 Å². The number of carboxylic acids is 1. The van der Waals surface area contributed by atoms with E-state index in [2.05, 4.69) is 29.1 Å². The predicted octanol–water partition coefficient (Wildman–Crippen LogP) is 2.90. The lowest BCUT2D eigenvalue weighted by Crippen LogP contribution is -2.65. The number of nitrogens with two attached hydrogens (primary N) is 1. The molecule has 0 aromatic rings. The summed E-state index contributed by atoms with van der Waals surface area (Å²) in [6, 6.07) is 0. The molecule has 5 aliphatic rings. The molecule has 1 aliphatic heterocycles. The molecule has 1 heterocycles. The van der Waals surface area contributed by atoms with Crippen LogP contribution < -0.4 is 11.1 Å². The number of guanidine groups is 1. The summed E-state index contributed by atoms with van der Waals surface area (Å²) in [5, 5.41) is 46.9. The summed E-state index contributed by atoms with van der Waals surface area (Å²) >= 11 is 0. The third kappa shape index (κ3) is 5.61. The van der Waals surface area contributed by atoms with Gasteiger partial charge in [-0.15, -0.1) is 0 Å². The smallest absolute Gasteiger partial charge is 0.334 e. The molecule has 4 fully saturated rings. The number of nitrogens with one attached hydrogen (secondary N) is 1. The van der Waals surface area contributed by atoms with E-state index < -0.39 is 23.1 Å². The van der Waals surface area contributed by atoms with Crippen molar-refractivity contribution < 1.29 is 30.0 Å². The highest BCUT2D eigenvalue weighted by Crippen LogP contribution is 2.77. The van der Waals surface area contributed by atoms with Gasteiger partial charge in [0.15, 0.2) is 5.96 Å². The highest BCUT2D eigenvalue weighted by Gasteiger charge is 2.75. The van der Waals surface area contributed by atoms with E-state index in [-0.39, 0.29) is 48.1 Å². The van der Waals surface area contributed by atoms with Crippen molar-refractivity contribution in [2.45, 2.75) is 109 Å². The van der Waals surface area contributed by atoms with Crippen LogP contribution in [0.3, 0.4) is 0 Å². The number of hydrogen-bond acceptors (Lipinski definition) is 7. The van der Waals surface area contributed by atoms with E-state index in [9.17, 15) is 25.2 Å². The Labute approximate surface area is 263 Å². The highest BCUT2D eigenvalue weighted by atomic mass is 16.5. The predicted molar refractivity (Wildman–Crippen MR) is 170 cm³/mol. The number of aliphatic carboxylic acids is 1. The standard InChI is InChI=1S/C34H58N4O6/c1-4-5-6-7-23-9-11-26(40)17-28(23)44-21-32(43)19-33-22(2)8-10-24(16-27(33)29(32)30(41)42)34(33)20-38(31(35)36-3)14-12-25(34)18-37-13-15-39/h22-26,28,37,39-40,43H,4-21H2,1-3H3,(H2,35,36)(H,41,42). The minimum absolute atomic E-state index is 0.0625. The van der Waals surface area contributed by atoms with Crippen LogP contribution >= 0.6 is 0 Å². The van der Waals surface area contributed by atoms with Crippen molar-refractivity contribution in [3.8, 4) is 0 Å². The number of nitrogens with zero attached hydrogens (tertiary/aromatic N) is 2. The molecular weight excluding hydrogens is 560 g/mol. The van der Waals surface area contributed by atoms with E-state index in [1.165, 1.54) is 0 Å². The molecule has 250 valence electrons. The molecule has 2 bridgehead atoms. The van der Waals surface area contributed by atoms with E-state index in [1.54, 1.807) is 7.05 Å². The van der Waals surface area contributed by atoms with Crippen molar-refractivity contribution in [3.05, 3.63) is 11.1 Å². The molecule has 0 radical (unpaired) electrons. The van der Waals surface area contributed by atoms with Crippen molar-refractivity contribution in [1.29, 1.82) is 0 Å². The van der Waals surface area contributed by atoms with E-state index >= 15 is 0 Å². The van der Waals surface area contributed by atoms with Gasteiger partial charge in [-0.3, -0.25) is 4.99 Å². The number of piperidine rings is 1. The Bertz CT molecular complexity index is 1100. The van der Waals surface area contributed by atoms with Crippen LogP contribution in [-0.2, 0) is 9.53 Å². The van der Waals surface area contributed by atoms with Crippen molar-refractivity contribution in [2.75, 3.05) is 46.4 Å². The minimum Gasteiger partial charge on any atom is -0.478 e. The molecule has 1 saturated heterocycles. The summed E-state index contributed by atoms with van der Waals surface area (Å²) in [5.74, 6) is 0.457. The minimum atomic E-state index is -1.61. The quantitative estimate of drug-likeness (QED) is 0.110. The first-order valence-corrected chi connectivity index (χ1v) is 17.4. The van der Waals surface area contributed by atoms with Gasteiger partial charge in [0.05, 0.1) is 31.0 Å². The fourth-order valence-corrected chi connectivity index (χ4v) is 10.8. The molecule has 9 unspecified atom stereocenters. The number of carboxylic acid groups (broad SMARTS) is 1. The highest BCUT2D eigenvalue weighted by molar-refractivity contribution is 5.92. The Kier molecular flexibility index (Phi) is 10.4. The number of unbranched alkanes of at least 4 members (excludes halogenated alkanes) is 2. The van der Waals surface area contributed by atoms with Crippen LogP contribution in [0.4, 0.5) is 0 Å². The molecule has 10 heteroatoms. The Morgan fingerprint density at radius 3 is 2.70 bits per heavy atom. The monoisotopic (exact) mass is 618 g/mol. The fraction of sp³-hybridized carbons (Fsp3) is 0.882. The lowest BCUT2D eigenvalue weighted by Gasteiger charge is -2.62. The number of aliphatic hydroxyl groups excluding tert-OH is 2. The van der Waals surface area contributed by atoms with Crippen LogP contribution in [0.25, 0.3) is 0 Å². The average molecular weight is 619 g/mol. The van der Waals surface area contributed by atoms with Crippen molar-refractivity contribution >= 4 is 11.9 Å². The zero-order valence-electron chi connectivity index (χ0n) is 27.3. The van der Waals surface area contributed by atoms with Crippen LogP contribution in [-0.4, -0.2) is 102 Å². The number of aliphatic imine (C=N–C) groups is 1. The first kappa shape index (κ1) is 33.6. The second-order valence-corrected chi connectivity index (χ2v) is 14.7. The van der Waals surface area contributed by atoms with Crippen LogP contribution in [0.1, 0.15) is 90.9 Å². The first-order valence-electron chi connectivity index (χ1n) is 17.4. The van der Waals surface area contributed by atoms with Crippen LogP contribution in [0, 0.1) is 34.5 Å².